The predicted molar refractivity (Wildman–Crippen MR) is 130 cm³/mol. The number of allylic oxidation sites excluding steroid dienone is 1. The molecule has 1 heterocycles. The van der Waals surface area contributed by atoms with Gasteiger partial charge in [-0.2, -0.15) is 0 Å². The number of carbonyl (C=O) groups excluding carboxylic acids is 1. The minimum Gasteiger partial charge on any atom is -0.497 e. The van der Waals surface area contributed by atoms with Gasteiger partial charge in [-0.1, -0.05) is 41.6 Å². The Kier molecular flexibility index (Phi) is 6.64. The number of ether oxygens (including phenoxy) is 1. The van der Waals surface area contributed by atoms with Gasteiger partial charge in [-0.05, 0) is 59.7 Å². The van der Waals surface area contributed by atoms with Gasteiger partial charge in [0.1, 0.15) is 16.5 Å². The van der Waals surface area contributed by atoms with Gasteiger partial charge in [-0.3, -0.25) is 9.10 Å². The van der Waals surface area contributed by atoms with E-state index in [-0.39, 0.29) is 15.7 Å². The largest absolute Gasteiger partial charge is 0.497 e. The number of methoxy groups -OCH3 is 1. The molecule has 33 heavy (non-hydrogen) atoms. The van der Waals surface area contributed by atoms with E-state index in [0.717, 1.165) is 11.3 Å². The number of hydrogen-bond donors (Lipinski definition) is 0. The first kappa shape index (κ1) is 22.8. The van der Waals surface area contributed by atoms with Crippen molar-refractivity contribution in [2.45, 2.75) is 6.42 Å². The molecule has 1 unspecified atom stereocenters. The number of rotatable bonds is 3. The minimum atomic E-state index is -1.70. The van der Waals surface area contributed by atoms with Crippen LogP contribution in [0.15, 0.2) is 65.6 Å². The standard InChI is InChI=1S/C26H19ClFNO3S/c1-29-24-13-9-18(5-3-4-17-6-10-20(32-2)11-7-17)14-21(24)26(30)25(33(29)31)16-19-8-12-23(28)22(27)15-19/h6-16H,4H2,1-2H3/b25-16-. The minimum absolute atomic E-state index is 0.0680. The van der Waals surface area contributed by atoms with Gasteiger partial charge in [0, 0.05) is 24.6 Å². The highest BCUT2D eigenvalue weighted by atomic mass is 35.5. The molecule has 1 atom stereocenters. The Labute approximate surface area is 199 Å². The number of hydrogen-bond acceptors (Lipinski definition) is 3. The lowest BCUT2D eigenvalue weighted by atomic mass is 10.0. The summed E-state index contributed by atoms with van der Waals surface area (Å²) in [5, 5.41) is -0.0680. The van der Waals surface area contributed by atoms with E-state index < -0.39 is 16.8 Å². The van der Waals surface area contributed by atoms with Crippen molar-refractivity contribution >= 4 is 40.1 Å². The Balaban J connectivity index is 1.62. The van der Waals surface area contributed by atoms with Gasteiger partial charge in [-0.25, -0.2) is 8.60 Å². The fourth-order valence-electron chi connectivity index (χ4n) is 3.38. The summed E-state index contributed by atoms with van der Waals surface area (Å²) in [5.74, 6) is 6.07. The summed E-state index contributed by atoms with van der Waals surface area (Å²) in [6.07, 6.45) is 2.03. The van der Waals surface area contributed by atoms with Crippen LogP contribution in [-0.4, -0.2) is 24.1 Å². The van der Waals surface area contributed by atoms with Crippen LogP contribution in [0.5, 0.6) is 5.75 Å². The molecule has 166 valence electrons. The summed E-state index contributed by atoms with van der Waals surface area (Å²) in [4.78, 5) is 13.3. The predicted octanol–water partition coefficient (Wildman–Crippen LogP) is 5.42. The molecule has 0 aromatic heterocycles. The van der Waals surface area contributed by atoms with Crippen molar-refractivity contribution in [1.29, 1.82) is 0 Å². The van der Waals surface area contributed by atoms with Crippen LogP contribution in [-0.2, 0) is 17.4 Å². The van der Waals surface area contributed by atoms with Gasteiger partial charge in [0.05, 0.1) is 17.8 Å². The Morgan fingerprint density at radius 3 is 2.58 bits per heavy atom. The number of Topliss-reactive ketones (excluding diaryl/α,β-unsaturated/α-hetero) is 1. The van der Waals surface area contributed by atoms with Crippen molar-refractivity contribution in [1.82, 2.24) is 0 Å². The van der Waals surface area contributed by atoms with Crippen LogP contribution in [0.2, 0.25) is 5.02 Å². The number of ketones is 1. The second kappa shape index (κ2) is 9.62. The molecular weight excluding hydrogens is 461 g/mol. The summed E-state index contributed by atoms with van der Waals surface area (Å²) in [7, 11) is 1.57. The molecule has 0 bridgehead atoms. The highest BCUT2D eigenvalue weighted by molar-refractivity contribution is 7.91. The van der Waals surface area contributed by atoms with E-state index in [9.17, 15) is 13.4 Å². The second-order valence-corrected chi connectivity index (χ2v) is 9.21. The third kappa shape index (κ3) is 4.85. The third-order valence-corrected chi connectivity index (χ3v) is 6.83. The highest BCUT2D eigenvalue weighted by Gasteiger charge is 2.32. The molecule has 3 aromatic rings. The van der Waals surface area contributed by atoms with Crippen LogP contribution < -0.4 is 9.04 Å². The number of halogens is 2. The first-order chi connectivity index (χ1) is 15.9. The summed E-state index contributed by atoms with van der Waals surface area (Å²) >= 11 is 5.85. The fraction of sp³-hybridized carbons (Fsp3) is 0.115. The lowest BCUT2D eigenvalue weighted by Gasteiger charge is -2.27. The Morgan fingerprint density at radius 1 is 1.12 bits per heavy atom. The first-order valence-corrected chi connectivity index (χ1v) is 11.5. The van der Waals surface area contributed by atoms with Gasteiger partial charge < -0.3 is 4.74 Å². The lowest BCUT2D eigenvalue weighted by molar-refractivity contribution is 0.104. The fourth-order valence-corrected chi connectivity index (χ4v) is 4.71. The van der Waals surface area contributed by atoms with Crippen LogP contribution in [0.1, 0.15) is 27.0 Å². The van der Waals surface area contributed by atoms with E-state index in [0.29, 0.717) is 28.8 Å². The van der Waals surface area contributed by atoms with Gasteiger partial charge in [0.25, 0.3) is 0 Å². The zero-order valence-electron chi connectivity index (χ0n) is 17.9. The molecule has 0 radical (unpaired) electrons. The monoisotopic (exact) mass is 479 g/mol. The Morgan fingerprint density at radius 2 is 1.88 bits per heavy atom. The normalized spacial score (nSPS) is 16.2. The molecule has 0 saturated heterocycles. The zero-order valence-corrected chi connectivity index (χ0v) is 19.5. The first-order valence-electron chi connectivity index (χ1n) is 10.0. The molecule has 0 aliphatic carbocycles. The molecule has 0 spiro atoms. The van der Waals surface area contributed by atoms with E-state index in [1.165, 1.54) is 28.6 Å². The maximum absolute atomic E-state index is 13.5. The molecule has 0 amide bonds. The molecule has 1 aliphatic heterocycles. The number of carbonyl (C=O) groups is 1. The molecule has 4 rings (SSSR count). The van der Waals surface area contributed by atoms with Crippen molar-refractivity contribution in [3.05, 3.63) is 98.7 Å². The van der Waals surface area contributed by atoms with Crippen molar-refractivity contribution in [3.63, 3.8) is 0 Å². The van der Waals surface area contributed by atoms with Gasteiger partial charge in [-0.15, -0.1) is 0 Å². The molecule has 1 aliphatic rings. The van der Waals surface area contributed by atoms with E-state index in [2.05, 4.69) is 11.8 Å². The third-order valence-electron chi connectivity index (χ3n) is 5.17. The van der Waals surface area contributed by atoms with Crippen molar-refractivity contribution in [3.8, 4) is 17.6 Å². The summed E-state index contributed by atoms with van der Waals surface area (Å²) < 4.78 is 33.1. The zero-order chi connectivity index (χ0) is 23.5. The van der Waals surface area contributed by atoms with Gasteiger partial charge in [0.2, 0.25) is 5.78 Å². The van der Waals surface area contributed by atoms with Crippen molar-refractivity contribution in [2.75, 3.05) is 18.5 Å². The van der Waals surface area contributed by atoms with Crippen LogP contribution in [0.4, 0.5) is 10.1 Å². The Hall–Kier alpha value is -3.40. The van der Waals surface area contributed by atoms with Crippen LogP contribution in [0.25, 0.3) is 6.08 Å². The lowest BCUT2D eigenvalue weighted by Crippen LogP contribution is -2.31. The van der Waals surface area contributed by atoms with Crippen molar-refractivity contribution in [2.24, 2.45) is 0 Å². The quantitative estimate of drug-likeness (QED) is 0.372. The highest BCUT2D eigenvalue weighted by Crippen LogP contribution is 2.33. The SMILES string of the molecule is COc1ccc(CC#Cc2ccc3c(c2)C(=O)/C(=C/c2ccc(F)c(Cl)c2)S(=O)N3C)cc1. The molecule has 0 fully saturated rings. The van der Waals surface area contributed by atoms with E-state index >= 15 is 0 Å². The number of fused-ring (bicyclic) bond motifs is 1. The van der Waals surface area contributed by atoms with Crippen LogP contribution >= 0.6 is 11.6 Å². The summed E-state index contributed by atoms with van der Waals surface area (Å²) in [6.45, 7) is 0. The average Bonchev–Trinajstić information content (AvgIpc) is 2.83. The molecule has 4 nitrogen and oxygen atoms in total. The number of benzene rings is 3. The van der Waals surface area contributed by atoms with Crippen LogP contribution in [0, 0.1) is 17.7 Å². The smallest absolute Gasteiger partial charge is 0.205 e. The second-order valence-electron chi connectivity index (χ2n) is 7.32. The van der Waals surface area contributed by atoms with E-state index in [4.69, 9.17) is 16.3 Å². The average molecular weight is 480 g/mol. The topological polar surface area (TPSA) is 46.6 Å². The summed E-state index contributed by atoms with van der Waals surface area (Å²) in [6, 6.07) is 17.0. The molecular formula is C26H19ClFNO3S. The number of nitrogens with zero attached hydrogens (tertiary/aromatic N) is 1. The molecule has 7 heteroatoms. The van der Waals surface area contributed by atoms with Crippen LogP contribution in [0.3, 0.4) is 0 Å². The van der Waals surface area contributed by atoms with Gasteiger partial charge >= 0.3 is 0 Å². The van der Waals surface area contributed by atoms with Gasteiger partial charge in [0.15, 0.2) is 11.0 Å². The summed E-state index contributed by atoms with van der Waals surface area (Å²) in [5.41, 5.74) is 3.20. The number of anilines is 1. The molecule has 3 aromatic carbocycles. The molecule has 0 N–H and O–H groups in total. The maximum Gasteiger partial charge on any atom is 0.205 e. The maximum atomic E-state index is 13.5. The van der Waals surface area contributed by atoms with Crippen molar-refractivity contribution < 1.29 is 18.1 Å². The molecule has 0 saturated carbocycles. The Bertz CT molecular complexity index is 1360. The van der Waals surface area contributed by atoms with E-state index in [1.807, 2.05) is 24.3 Å². The van der Waals surface area contributed by atoms with E-state index in [1.54, 1.807) is 32.4 Å².